The van der Waals surface area contributed by atoms with Gasteiger partial charge in [0.05, 0.1) is 10.2 Å². The summed E-state index contributed by atoms with van der Waals surface area (Å²) in [5, 5.41) is 13.9. The molecule has 5 heteroatoms. The summed E-state index contributed by atoms with van der Waals surface area (Å²) in [5.74, 6) is -1.33. The number of allylic oxidation sites excluding steroid dienone is 1. The lowest BCUT2D eigenvalue weighted by molar-refractivity contribution is 0.328. The number of anilines is 1. The number of hydrogen-bond acceptors (Lipinski definition) is 2. The fraction of sp³-hybridized carbons (Fsp3) is 0.360. The van der Waals surface area contributed by atoms with Crippen LogP contribution in [-0.4, -0.2) is 5.11 Å². The van der Waals surface area contributed by atoms with E-state index in [9.17, 15) is 13.9 Å². The average Bonchev–Trinajstić information content (AvgIpc) is 2.61. The molecule has 1 aliphatic carbocycles. The van der Waals surface area contributed by atoms with Crippen molar-refractivity contribution in [2.75, 3.05) is 5.32 Å². The zero-order chi connectivity index (χ0) is 22.6. The molecule has 160 valence electrons. The maximum Gasteiger partial charge on any atom is 0.153 e. The Morgan fingerprint density at radius 2 is 1.57 bits per heavy atom. The van der Waals surface area contributed by atoms with E-state index >= 15 is 0 Å². The average molecular weight is 476 g/mol. The second kappa shape index (κ2) is 7.52. The van der Waals surface area contributed by atoms with Gasteiger partial charge in [-0.3, -0.25) is 0 Å². The van der Waals surface area contributed by atoms with Crippen LogP contribution in [0.4, 0.5) is 14.5 Å². The quantitative estimate of drug-likeness (QED) is 0.440. The Bertz CT molecular complexity index is 1050. The van der Waals surface area contributed by atoms with Gasteiger partial charge >= 0.3 is 0 Å². The topological polar surface area (TPSA) is 32.3 Å². The molecule has 0 radical (unpaired) electrons. The zero-order valence-corrected chi connectivity index (χ0v) is 19.7. The molecule has 2 aromatic carbocycles. The number of fused-ring (bicyclic) bond motifs is 1. The molecule has 3 rings (SSSR count). The van der Waals surface area contributed by atoms with E-state index < -0.39 is 11.6 Å². The number of nitrogens with one attached hydrogen (secondary N) is 1. The lowest BCUT2D eigenvalue weighted by Crippen LogP contribution is -2.34. The molecule has 0 fully saturated rings. The number of phenols is 1. The molecular formula is C25H28BrF2NO. The van der Waals surface area contributed by atoms with Crippen LogP contribution in [0.3, 0.4) is 0 Å². The fourth-order valence-corrected chi connectivity index (χ4v) is 5.17. The lowest BCUT2D eigenvalue weighted by atomic mass is 9.63. The van der Waals surface area contributed by atoms with Crippen molar-refractivity contribution in [3.63, 3.8) is 0 Å². The van der Waals surface area contributed by atoms with Crippen LogP contribution in [-0.2, 0) is 10.8 Å². The highest BCUT2D eigenvalue weighted by Gasteiger charge is 2.40. The van der Waals surface area contributed by atoms with Crippen LogP contribution in [0, 0.1) is 11.6 Å². The Labute approximate surface area is 185 Å². The van der Waals surface area contributed by atoms with Gasteiger partial charge in [-0.25, -0.2) is 8.78 Å². The molecule has 0 bridgehead atoms. The molecule has 0 atom stereocenters. The third-order valence-corrected chi connectivity index (χ3v) is 6.90. The predicted octanol–water partition coefficient (Wildman–Crippen LogP) is 7.90. The van der Waals surface area contributed by atoms with Gasteiger partial charge in [0, 0.05) is 16.8 Å². The Kier molecular flexibility index (Phi) is 5.65. The summed E-state index contributed by atoms with van der Waals surface area (Å²) in [7, 11) is 0. The first-order valence-corrected chi connectivity index (χ1v) is 10.7. The highest BCUT2D eigenvalue weighted by atomic mass is 79.9. The molecule has 0 saturated carbocycles. The van der Waals surface area contributed by atoms with Crippen molar-refractivity contribution in [3.05, 3.63) is 69.7 Å². The molecule has 2 aromatic rings. The number of hydrogen-bond donors (Lipinski definition) is 2. The molecule has 0 aromatic heterocycles. The minimum atomic E-state index is -0.695. The first-order chi connectivity index (χ1) is 13.8. The smallest absolute Gasteiger partial charge is 0.153 e. The maximum atomic E-state index is 14.4. The van der Waals surface area contributed by atoms with Crippen LogP contribution in [0.25, 0.3) is 11.3 Å². The SMILES string of the molecule is C=C(Nc1cc2c(c(Br)c1O)C(C)(C)CCC2(C)C)c1cc(F)c(C(=C)C)c(F)c1. The molecule has 0 aliphatic heterocycles. The van der Waals surface area contributed by atoms with Crippen LogP contribution in [0.1, 0.15) is 69.7 Å². The van der Waals surface area contributed by atoms with E-state index in [0.717, 1.165) is 24.0 Å². The van der Waals surface area contributed by atoms with Crippen LogP contribution in [0.2, 0.25) is 0 Å². The number of benzene rings is 2. The summed E-state index contributed by atoms with van der Waals surface area (Å²) in [6, 6.07) is 4.37. The molecule has 0 amide bonds. The summed E-state index contributed by atoms with van der Waals surface area (Å²) < 4.78 is 29.4. The molecule has 30 heavy (non-hydrogen) atoms. The van der Waals surface area contributed by atoms with Gasteiger partial charge in [-0.2, -0.15) is 0 Å². The summed E-state index contributed by atoms with van der Waals surface area (Å²) in [6.45, 7) is 17.8. The number of aromatic hydroxyl groups is 1. The highest BCUT2D eigenvalue weighted by Crippen LogP contribution is 2.53. The molecule has 2 nitrogen and oxygen atoms in total. The largest absolute Gasteiger partial charge is 0.505 e. The van der Waals surface area contributed by atoms with Crippen LogP contribution >= 0.6 is 15.9 Å². The minimum absolute atomic E-state index is 0.0557. The lowest BCUT2D eigenvalue weighted by Gasteiger charge is -2.43. The monoisotopic (exact) mass is 475 g/mol. The second-order valence-electron chi connectivity index (χ2n) is 9.48. The third-order valence-electron chi connectivity index (χ3n) is 6.12. The molecule has 2 N–H and O–H groups in total. The first-order valence-electron chi connectivity index (χ1n) is 9.94. The van der Waals surface area contributed by atoms with Gasteiger partial charge in [-0.15, -0.1) is 0 Å². The molecule has 0 heterocycles. The molecule has 0 spiro atoms. The molecule has 1 aliphatic rings. The van der Waals surface area contributed by atoms with E-state index in [2.05, 4.69) is 62.1 Å². The summed E-state index contributed by atoms with van der Waals surface area (Å²) in [6.07, 6.45) is 2.03. The highest BCUT2D eigenvalue weighted by molar-refractivity contribution is 9.10. The van der Waals surface area contributed by atoms with Gasteiger partial charge in [0.2, 0.25) is 0 Å². The van der Waals surface area contributed by atoms with Crippen molar-refractivity contribution in [1.82, 2.24) is 0 Å². The number of phenolic OH excluding ortho intramolecular Hbond substituents is 1. The van der Waals surface area contributed by atoms with Crippen LogP contribution in [0.5, 0.6) is 5.75 Å². The molecular weight excluding hydrogens is 448 g/mol. The van der Waals surface area contributed by atoms with Crippen LogP contribution < -0.4 is 5.32 Å². The van der Waals surface area contributed by atoms with E-state index in [1.807, 2.05) is 6.07 Å². The van der Waals surface area contributed by atoms with Gasteiger partial charge in [-0.05, 0) is 81.4 Å². The van der Waals surface area contributed by atoms with Crippen molar-refractivity contribution in [2.24, 2.45) is 0 Å². The van der Waals surface area contributed by atoms with Crippen molar-refractivity contribution in [1.29, 1.82) is 0 Å². The van der Waals surface area contributed by atoms with Gasteiger partial charge in [0.15, 0.2) is 5.75 Å². The summed E-state index contributed by atoms with van der Waals surface area (Å²) >= 11 is 3.59. The summed E-state index contributed by atoms with van der Waals surface area (Å²) in [4.78, 5) is 0. The third kappa shape index (κ3) is 3.80. The Hall–Kier alpha value is -2.14. The maximum absolute atomic E-state index is 14.4. The Morgan fingerprint density at radius 1 is 1.03 bits per heavy atom. The fourth-order valence-electron chi connectivity index (χ4n) is 4.20. The number of halogens is 3. The minimum Gasteiger partial charge on any atom is -0.505 e. The molecule has 0 saturated heterocycles. The second-order valence-corrected chi connectivity index (χ2v) is 10.3. The van der Waals surface area contributed by atoms with Crippen molar-refractivity contribution in [2.45, 2.75) is 58.3 Å². The predicted molar refractivity (Wildman–Crippen MR) is 125 cm³/mol. The normalized spacial score (nSPS) is 16.7. The first kappa shape index (κ1) is 22.5. The standard InChI is InChI=1S/C25H28BrF2NO/c1-13(2)20-17(27)10-15(11-18(20)28)14(3)29-19-12-16-21(22(26)23(19)30)25(6,7)9-8-24(16,4)5/h10-12,29-30H,1,3,8-9H2,2,4-7H3. The molecule has 0 unspecified atom stereocenters. The van der Waals surface area contributed by atoms with E-state index in [-0.39, 0.29) is 33.4 Å². The van der Waals surface area contributed by atoms with Gasteiger partial charge in [-0.1, -0.05) is 40.9 Å². The Balaban J connectivity index is 2.06. The van der Waals surface area contributed by atoms with E-state index in [0.29, 0.717) is 15.7 Å². The Morgan fingerprint density at radius 3 is 2.10 bits per heavy atom. The van der Waals surface area contributed by atoms with Crippen LogP contribution in [0.15, 0.2) is 35.8 Å². The van der Waals surface area contributed by atoms with E-state index in [4.69, 9.17) is 0 Å². The van der Waals surface area contributed by atoms with E-state index in [1.165, 1.54) is 12.1 Å². The van der Waals surface area contributed by atoms with Gasteiger partial charge < -0.3 is 10.4 Å². The summed E-state index contributed by atoms with van der Waals surface area (Å²) in [5.41, 5.74) is 3.26. The van der Waals surface area contributed by atoms with Crippen molar-refractivity contribution in [3.8, 4) is 5.75 Å². The van der Waals surface area contributed by atoms with Gasteiger partial charge in [0.25, 0.3) is 0 Å². The van der Waals surface area contributed by atoms with Gasteiger partial charge in [0.1, 0.15) is 11.6 Å². The van der Waals surface area contributed by atoms with E-state index in [1.54, 1.807) is 6.92 Å². The number of rotatable bonds is 4. The zero-order valence-electron chi connectivity index (χ0n) is 18.1. The van der Waals surface area contributed by atoms with Crippen molar-refractivity contribution >= 4 is 32.9 Å². The van der Waals surface area contributed by atoms with Crippen molar-refractivity contribution < 1.29 is 13.9 Å².